The first-order valence-corrected chi connectivity index (χ1v) is 15.3. The quantitative estimate of drug-likeness (QED) is 0.404. The Morgan fingerprint density at radius 2 is 1.74 bits per heavy atom. The molecule has 3 rings (SSSR count). The number of amides is 2. The van der Waals surface area contributed by atoms with Crippen LogP contribution in [0.3, 0.4) is 0 Å². The van der Waals surface area contributed by atoms with Crippen molar-refractivity contribution in [1.29, 1.82) is 0 Å². The Kier molecular flexibility index (Phi) is 10.6. The molecule has 1 aliphatic carbocycles. The second-order valence-corrected chi connectivity index (χ2v) is 11.9. The van der Waals surface area contributed by atoms with E-state index in [2.05, 4.69) is 5.32 Å². The van der Waals surface area contributed by atoms with Gasteiger partial charge in [-0.15, -0.1) is 0 Å². The fraction of sp³-hybridized carbons (Fsp3) is 0.517. The highest BCUT2D eigenvalue weighted by Gasteiger charge is 2.29. The lowest BCUT2D eigenvalue weighted by Crippen LogP contribution is -2.49. The summed E-state index contributed by atoms with van der Waals surface area (Å²) in [4.78, 5) is 28.2. The molecule has 9 heteroatoms. The van der Waals surface area contributed by atoms with Crippen LogP contribution in [0.2, 0.25) is 0 Å². The average molecular weight is 544 g/mol. The molecule has 2 aromatic carbocycles. The molecule has 208 valence electrons. The SMILES string of the molecule is CCOc1ccccc1N(CCCC(=O)N(Cc1ccc(C)cc1)[C@H](C)C(=O)NC1CCCC1)S(C)(=O)=O. The molecular formula is C29H41N3O5S. The number of nitrogens with zero attached hydrogens (tertiary/aromatic N) is 2. The molecule has 0 radical (unpaired) electrons. The van der Waals surface area contributed by atoms with Crippen molar-refractivity contribution in [3.63, 3.8) is 0 Å². The molecule has 0 spiro atoms. The van der Waals surface area contributed by atoms with Crippen LogP contribution >= 0.6 is 0 Å². The monoisotopic (exact) mass is 543 g/mol. The van der Waals surface area contributed by atoms with Crippen LogP contribution < -0.4 is 14.4 Å². The molecule has 0 aromatic heterocycles. The molecule has 0 unspecified atom stereocenters. The zero-order valence-electron chi connectivity index (χ0n) is 23.0. The Hall–Kier alpha value is -3.07. The van der Waals surface area contributed by atoms with Crippen LogP contribution in [-0.4, -0.2) is 56.6 Å². The number of aryl methyl sites for hydroxylation is 1. The Bertz CT molecular complexity index is 1180. The minimum Gasteiger partial charge on any atom is -0.492 e. The van der Waals surface area contributed by atoms with E-state index in [9.17, 15) is 18.0 Å². The molecule has 1 N–H and O–H groups in total. The highest BCUT2D eigenvalue weighted by Crippen LogP contribution is 2.30. The maximum absolute atomic E-state index is 13.5. The molecule has 1 aliphatic rings. The maximum atomic E-state index is 13.5. The predicted octanol–water partition coefficient (Wildman–Crippen LogP) is 4.42. The third kappa shape index (κ3) is 8.21. The number of nitrogens with one attached hydrogen (secondary N) is 1. The normalized spacial score (nSPS) is 14.6. The van der Waals surface area contributed by atoms with Gasteiger partial charge in [0.05, 0.1) is 18.6 Å². The second kappa shape index (κ2) is 13.6. The molecule has 2 amide bonds. The zero-order valence-corrected chi connectivity index (χ0v) is 23.8. The van der Waals surface area contributed by atoms with E-state index < -0.39 is 16.1 Å². The summed E-state index contributed by atoms with van der Waals surface area (Å²) in [6.07, 6.45) is 5.70. The van der Waals surface area contributed by atoms with Crippen LogP contribution in [0, 0.1) is 6.92 Å². The van der Waals surface area contributed by atoms with Crippen LogP contribution in [0.15, 0.2) is 48.5 Å². The lowest BCUT2D eigenvalue weighted by atomic mass is 10.1. The smallest absolute Gasteiger partial charge is 0.242 e. The van der Waals surface area contributed by atoms with E-state index in [4.69, 9.17) is 4.74 Å². The number of anilines is 1. The number of hydrogen-bond acceptors (Lipinski definition) is 5. The van der Waals surface area contributed by atoms with Gasteiger partial charge in [0.1, 0.15) is 11.8 Å². The van der Waals surface area contributed by atoms with E-state index in [0.717, 1.165) is 43.1 Å². The van der Waals surface area contributed by atoms with Gasteiger partial charge < -0.3 is 15.0 Å². The number of benzene rings is 2. The van der Waals surface area contributed by atoms with Gasteiger partial charge in [-0.1, -0.05) is 54.8 Å². The lowest BCUT2D eigenvalue weighted by molar-refractivity contribution is -0.141. The van der Waals surface area contributed by atoms with Crippen molar-refractivity contribution in [2.75, 3.05) is 23.7 Å². The molecule has 1 atom stereocenters. The van der Waals surface area contributed by atoms with Gasteiger partial charge in [0.2, 0.25) is 21.8 Å². The molecule has 8 nitrogen and oxygen atoms in total. The first kappa shape index (κ1) is 29.5. The van der Waals surface area contributed by atoms with Crippen molar-refractivity contribution in [2.45, 2.75) is 77.9 Å². The molecule has 38 heavy (non-hydrogen) atoms. The fourth-order valence-corrected chi connectivity index (χ4v) is 5.76. The Morgan fingerprint density at radius 3 is 2.37 bits per heavy atom. The Labute approximate surface area is 227 Å². The minimum atomic E-state index is -3.61. The van der Waals surface area contributed by atoms with E-state index in [1.54, 1.807) is 36.1 Å². The van der Waals surface area contributed by atoms with Gasteiger partial charge in [0, 0.05) is 25.6 Å². The number of carbonyl (C=O) groups is 2. The number of para-hydroxylation sites is 2. The van der Waals surface area contributed by atoms with Gasteiger partial charge in [-0.25, -0.2) is 8.42 Å². The van der Waals surface area contributed by atoms with Crippen molar-refractivity contribution in [2.24, 2.45) is 0 Å². The van der Waals surface area contributed by atoms with Crippen LogP contribution in [0.5, 0.6) is 5.75 Å². The summed E-state index contributed by atoms with van der Waals surface area (Å²) >= 11 is 0. The zero-order chi connectivity index (χ0) is 27.7. The van der Waals surface area contributed by atoms with Crippen LogP contribution in [-0.2, 0) is 26.2 Å². The van der Waals surface area contributed by atoms with Crippen LogP contribution in [0.4, 0.5) is 5.69 Å². The number of hydrogen-bond donors (Lipinski definition) is 1. The standard InChI is InChI=1S/C29H41N3O5S/c1-5-37-27-14-9-8-13-26(27)32(38(4,35)36)20-10-15-28(33)31(21-24-18-16-22(2)17-19-24)23(3)29(34)30-25-11-6-7-12-25/h8-9,13-14,16-19,23,25H,5-7,10-12,15,20-21H2,1-4H3,(H,30,34)/t23-/m1/s1. The second-order valence-electron chi connectivity index (χ2n) is 10.0. The number of ether oxygens (including phenoxy) is 1. The van der Waals surface area contributed by atoms with Gasteiger partial charge in [0.15, 0.2) is 0 Å². The number of rotatable bonds is 13. The Morgan fingerprint density at radius 1 is 1.08 bits per heavy atom. The lowest BCUT2D eigenvalue weighted by Gasteiger charge is -2.30. The third-order valence-corrected chi connectivity index (χ3v) is 8.11. The van der Waals surface area contributed by atoms with Crippen LogP contribution in [0.1, 0.15) is 63.5 Å². The van der Waals surface area contributed by atoms with E-state index in [0.29, 0.717) is 31.0 Å². The predicted molar refractivity (Wildman–Crippen MR) is 151 cm³/mol. The first-order valence-electron chi connectivity index (χ1n) is 13.4. The van der Waals surface area contributed by atoms with Crippen molar-refractivity contribution in [3.8, 4) is 5.75 Å². The summed E-state index contributed by atoms with van der Waals surface area (Å²) in [5.41, 5.74) is 2.50. The van der Waals surface area contributed by atoms with E-state index in [1.807, 2.05) is 38.1 Å². The molecule has 2 aromatic rings. The molecular weight excluding hydrogens is 502 g/mol. The summed E-state index contributed by atoms with van der Waals surface area (Å²) in [7, 11) is -3.61. The van der Waals surface area contributed by atoms with Crippen molar-refractivity contribution in [1.82, 2.24) is 10.2 Å². The summed E-state index contributed by atoms with van der Waals surface area (Å²) in [5, 5.41) is 3.11. The molecule has 1 saturated carbocycles. The summed E-state index contributed by atoms with van der Waals surface area (Å²) < 4.78 is 32.2. The number of carbonyl (C=O) groups excluding carboxylic acids is 2. The Balaban J connectivity index is 1.73. The average Bonchev–Trinajstić information content (AvgIpc) is 3.39. The third-order valence-electron chi connectivity index (χ3n) is 6.93. The van der Waals surface area contributed by atoms with Crippen molar-refractivity contribution in [3.05, 3.63) is 59.7 Å². The molecule has 0 saturated heterocycles. The van der Waals surface area contributed by atoms with Gasteiger partial charge in [0.25, 0.3) is 0 Å². The first-order chi connectivity index (χ1) is 18.1. The summed E-state index contributed by atoms with van der Waals surface area (Å²) in [5.74, 6) is 0.136. The number of sulfonamides is 1. The van der Waals surface area contributed by atoms with Crippen molar-refractivity contribution < 1.29 is 22.7 Å². The minimum absolute atomic E-state index is 0.107. The largest absolute Gasteiger partial charge is 0.492 e. The topological polar surface area (TPSA) is 96.0 Å². The molecule has 1 fully saturated rings. The maximum Gasteiger partial charge on any atom is 0.242 e. The molecule has 0 heterocycles. The molecule has 0 bridgehead atoms. The van der Waals surface area contributed by atoms with Crippen molar-refractivity contribution >= 4 is 27.5 Å². The summed E-state index contributed by atoms with van der Waals surface area (Å²) in [6.45, 7) is 6.44. The van der Waals surface area contributed by atoms with E-state index in [1.165, 1.54) is 4.31 Å². The van der Waals surface area contributed by atoms with E-state index in [-0.39, 0.29) is 30.8 Å². The molecule has 0 aliphatic heterocycles. The highest BCUT2D eigenvalue weighted by molar-refractivity contribution is 7.92. The fourth-order valence-electron chi connectivity index (χ4n) is 4.79. The van der Waals surface area contributed by atoms with Gasteiger partial charge in [-0.2, -0.15) is 0 Å². The van der Waals surface area contributed by atoms with Gasteiger partial charge in [-0.05, 0) is 57.7 Å². The highest BCUT2D eigenvalue weighted by atomic mass is 32.2. The van der Waals surface area contributed by atoms with E-state index >= 15 is 0 Å². The summed E-state index contributed by atoms with van der Waals surface area (Å²) in [6, 6.07) is 14.4. The van der Waals surface area contributed by atoms with Crippen LogP contribution in [0.25, 0.3) is 0 Å². The van der Waals surface area contributed by atoms with Gasteiger partial charge >= 0.3 is 0 Å². The van der Waals surface area contributed by atoms with Gasteiger partial charge in [-0.3, -0.25) is 13.9 Å².